The number of carbonyl (C=O) groups is 1. The molecular weight excluding hydrogens is 315 g/mol. The number of thiazole rings is 1. The van der Waals surface area contributed by atoms with Crippen molar-refractivity contribution in [2.45, 2.75) is 25.9 Å². The summed E-state index contributed by atoms with van der Waals surface area (Å²) in [4.78, 5) is 19.1. The number of hydrogen-bond acceptors (Lipinski definition) is 4. The van der Waals surface area contributed by atoms with Crippen LogP contribution in [0.4, 0.5) is 4.39 Å². The summed E-state index contributed by atoms with van der Waals surface area (Å²) in [6.07, 6.45) is 2.92. The van der Waals surface area contributed by atoms with E-state index in [-0.39, 0.29) is 17.6 Å². The molecule has 0 bridgehead atoms. The molecule has 1 aromatic carbocycles. The Morgan fingerprint density at radius 3 is 3.00 bits per heavy atom. The molecule has 6 heteroatoms. The van der Waals surface area contributed by atoms with Crippen LogP contribution in [-0.2, 0) is 0 Å². The van der Waals surface area contributed by atoms with E-state index >= 15 is 0 Å². The van der Waals surface area contributed by atoms with Crippen LogP contribution in [0.1, 0.15) is 29.4 Å². The van der Waals surface area contributed by atoms with Crippen molar-refractivity contribution in [3.8, 4) is 10.6 Å². The summed E-state index contributed by atoms with van der Waals surface area (Å²) in [6.45, 7) is 3.01. The molecule has 2 heterocycles. The summed E-state index contributed by atoms with van der Waals surface area (Å²) in [5, 5.41) is 10.3. The highest BCUT2D eigenvalue weighted by molar-refractivity contribution is 7.16. The molecule has 1 aliphatic heterocycles. The zero-order chi connectivity index (χ0) is 16.4. The van der Waals surface area contributed by atoms with Crippen molar-refractivity contribution in [3.05, 3.63) is 41.2 Å². The summed E-state index contributed by atoms with van der Waals surface area (Å²) in [5.74, 6) is -0.310. The van der Waals surface area contributed by atoms with Crippen molar-refractivity contribution in [2.75, 3.05) is 13.1 Å². The Morgan fingerprint density at radius 2 is 2.26 bits per heavy atom. The van der Waals surface area contributed by atoms with Crippen LogP contribution in [-0.4, -0.2) is 40.1 Å². The second-order valence-electron chi connectivity index (χ2n) is 5.90. The van der Waals surface area contributed by atoms with Gasteiger partial charge in [0.1, 0.15) is 15.7 Å². The van der Waals surface area contributed by atoms with Gasteiger partial charge < -0.3 is 10.0 Å². The molecule has 1 N–H and O–H groups in total. The smallest absolute Gasteiger partial charge is 0.265 e. The van der Waals surface area contributed by atoms with Gasteiger partial charge in [-0.15, -0.1) is 11.3 Å². The molecule has 23 heavy (non-hydrogen) atoms. The third-order valence-corrected chi connectivity index (χ3v) is 5.27. The molecule has 1 saturated heterocycles. The monoisotopic (exact) mass is 334 g/mol. The normalized spacial score (nSPS) is 19.6. The van der Waals surface area contributed by atoms with Crippen molar-refractivity contribution in [2.24, 2.45) is 5.92 Å². The molecule has 2 atom stereocenters. The predicted molar refractivity (Wildman–Crippen MR) is 87.8 cm³/mol. The summed E-state index contributed by atoms with van der Waals surface area (Å²) in [7, 11) is 0. The van der Waals surface area contributed by atoms with Gasteiger partial charge in [0.2, 0.25) is 0 Å². The second-order valence-corrected chi connectivity index (χ2v) is 6.93. The zero-order valence-electron chi connectivity index (χ0n) is 12.9. The third-order valence-electron chi connectivity index (χ3n) is 4.25. The van der Waals surface area contributed by atoms with E-state index in [0.717, 1.165) is 12.8 Å². The van der Waals surface area contributed by atoms with Crippen molar-refractivity contribution in [3.63, 3.8) is 0 Å². The fourth-order valence-electron chi connectivity index (χ4n) is 2.88. The van der Waals surface area contributed by atoms with E-state index in [1.165, 1.54) is 23.6 Å². The topological polar surface area (TPSA) is 53.4 Å². The first kappa shape index (κ1) is 16.1. The molecule has 3 rings (SSSR count). The Morgan fingerprint density at radius 1 is 1.48 bits per heavy atom. The van der Waals surface area contributed by atoms with Crippen LogP contribution in [0.25, 0.3) is 10.6 Å². The number of rotatable bonds is 3. The van der Waals surface area contributed by atoms with Gasteiger partial charge in [0, 0.05) is 24.6 Å². The van der Waals surface area contributed by atoms with Gasteiger partial charge in [0.05, 0.1) is 12.3 Å². The van der Waals surface area contributed by atoms with Gasteiger partial charge in [0.15, 0.2) is 0 Å². The van der Waals surface area contributed by atoms with Gasteiger partial charge in [-0.25, -0.2) is 9.37 Å². The first-order valence-electron chi connectivity index (χ1n) is 7.74. The Hall–Kier alpha value is -1.79. The molecule has 1 aliphatic rings. The van der Waals surface area contributed by atoms with Gasteiger partial charge in [-0.3, -0.25) is 4.79 Å². The highest BCUT2D eigenvalue weighted by Crippen LogP contribution is 2.29. The average Bonchev–Trinajstić information content (AvgIpc) is 3.04. The number of halogens is 1. The molecule has 0 saturated carbocycles. The van der Waals surface area contributed by atoms with Gasteiger partial charge >= 0.3 is 0 Å². The van der Waals surface area contributed by atoms with Crippen LogP contribution in [0, 0.1) is 11.7 Å². The van der Waals surface area contributed by atoms with E-state index in [1.54, 1.807) is 30.0 Å². The van der Waals surface area contributed by atoms with Crippen LogP contribution < -0.4 is 0 Å². The predicted octanol–water partition coefficient (Wildman–Crippen LogP) is 3.18. The van der Waals surface area contributed by atoms with Crippen molar-refractivity contribution in [1.82, 2.24) is 9.88 Å². The van der Waals surface area contributed by atoms with Crippen LogP contribution >= 0.6 is 11.3 Å². The highest BCUT2D eigenvalue weighted by Gasteiger charge is 2.28. The molecule has 4 nitrogen and oxygen atoms in total. The van der Waals surface area contributed by atoms with E-state index in [1.807, 2.05) is 0 Å². The van der Waals surface area contributed by atoms with Gasteiger partial charge in [-0.2, -0.15) is 0 Å². The number of benzene rings is 1. The summed E-state index contributed by atoms with van der Waals surface area (Å²) < 4.78 is 13.8. The molecule has 0 spiro atoms. The molecule has 0 aliphatic carbocycles. The van der Waals surface area contributed by atoms with E-state index in [4.69, 9.17) is 0 Å². The fraction of sp³-hybridized carbons (Fsp3) is 0.412. The number of aliphatic hydroxyl groups is 1. The molecule has 1 amide bonds. The molecule has 122 valence electrons. The maximum absolute atomic E-state index is 13.8. The van der Waals surface area contributed by atoms with Crippen molar-refractivity contribution < 1.29 is 14.3 Å². The molecule has 2 aromatic rings. The van der Waals surface area contributed by atoms with Crippen molar-refractivity contribution in [1.29, 1.82) is 0 Å². The number of hydrogen-bond donors (Lipinski definition) is 1. The summed E-state index contributed by atoms with van der Waals surface area (Å²) in [6, 6.07) is 6.42. The zero-order valence-corrected chi connectivity index (χ0v) is 13.7. The summed E-state index contributed by atoms with van der Waals surface area (Å²) >= 11 is 1.21. The first-order valence-corrected chi connectivity index (χ1v) is 8.56. The molecule has 1 aromatic heterocycles. The minimum atomic E-state index is -0.416. The maximum atomic E-state index is 13.8. The SMILES string of the molecule is CC(O)C1CCCN(C(=O)c2cnc(-c3ccccc3F)s2)C1. The van der Waals surface area contributed by atoms with Gasteiger partial charge in [-0.1, -0.05) is 12.1 Å². The lowest BCUT2D eigenvalue weighted by atomic mass is 9.93. The Balaban J connectivity index is 1.78. The Kier molecular flexibility index (Phi) is 4.73. The third kappa shape index (κ3) is 3.43. The van der Waals surface area contributed by atoms with E-state index < -0.39 is 6.10 Å². The molecule has 2 unspecified atom stereocenters. The van der Waals surface area contributed by atoms with Crippen LogP contribution in [0.2, 0.25) is 0 Å². The molecule has 0 radical (unpaired) electrons. The van der Waals surface area contributed by atoms with E-state index in [2.05, 4.69) is 4.98 Å². The Bertz CT molecular complexity index is 701. The van der Waals surface area contributed by atoms with Crippen LogP contribution in [0.5, 0.6) is 0 Å². The van der Waals surface area contributed by atoms with Gasteiger partial charge in [-0.05, 0) is 31.9 Å². The number of piperidine rings is 1. The highest BCUT2D eigenvalue weighted by atomic mass is 32.1. The van der Waals surface area contributed by atoms with Gasteiger partial charge in [0.25, 0.3) is 5.91 Å². The number of aliphatic hydroxyl groups excluding tert-OH is 1. The van der Waals surface area contributed by atoms with E-state index in [0.29, 0.717) is 28.5 Å². The molecular formula is C17H19FN2O2S. The van der Waals surface area contributed by atoms with Crippen LogP contribution in [0.3, 0.4) is 0 Å². The number of nitrogens with zero attached hydrogens (tertiary/aromatic N) is 2. The standard InChI is InChI=1S/C17H19FN2O2S/c1-11(21)12-5-4-8-20(10-12)17(22)15-9-19-16(23-15)13-6-2-3-7-14(13)18/h2-3,6-7,9,11-12,21H,4-5,8,10H2,1H3. The quantitative estimate of drug-likeness (QED) is 0.938. The summed E-state index contributed by atoms with van der Waals surface area (Å²) in [5.41, 5.74) is 0.414. The molecule has 1 fully saturated rings. The number of likely N-dealkylation sites (tertiary alicyclic amines) is 1. The Labute approximate surface area is 138 Å². The minimum absolute atomic E-state index is 0.0876. The second kappa shape index (κ2) is 6.76. The van der Waals surface area contributed by atoms with Crippen LogP contribution in [0.15, 0.2) is 30.5 Å². The lowest BCUT2D eigenvalue weighted by Gasteiger charge is -2.33. The number of aromatic nitrogens is 1. The minimum Gasteiger partial charge on any atom is -0.393 e. The fourth-order valence-corrected chi connectivity index (χ4v) is 3.79. The first-order chi connectivity index (χ1) is 11.1. The maximum Gasteiger partial charge on any atom is 0.265 e. The number of amides is 1. The van der Waals surface area contributed by atoms with Crippen molar-refractivity contribution >= 4 is 17.2 Å². The largest absolute Gasteiger partial charge is 0.393 e. The van der Waals surface area contributed by atoms with E-state index in [9.17, 15) is 14.3 Å². The lowest BCUT2D eigenvalue weighted by Crippen LogP contribution is -2.42. The average molecular weight is 334 g/mol. The lowest BCUT2D eigenvalue weighted by molar-refractivity contribution is 0.0469. The number of carbonyl (C=O) groups excluding carboxylic acids is 1.